The van der Waals surface area contributed by atoms with E-state index in [1.54, 1.807) is 0 Å². The van der Waals surface area contributed by atoms with Gasteiger partial charge in [0.15, 0.2) is 0 Å². The largest absolute Gasteiger partial charge is 0.399 e. The number of hydrogen-bond acceptors (Lipinski definition) is 2. The molecule has 0 amide bonds. The molecule has 0 bridgehead atoms. The van der Waals surface area contributed by atoms with Crippen molar-refractivity contribution in [1.82, 2.24) is 4.90 Å². The maximum atomic E-state index is 5.90. The molecule has 19 heavy (non-hydrogen) atoms. The Hall–Kier alpha value is -1.02. The van der Waals surface area contributed by atoms with E-state index in [1.807, 2.05) is 6.07 Å². The second-order valence-corrected chi connectivity index (χ2v) is 6.56. The molecule has 0 saturated heterocycles. The average molecular weight is 258 g/mol. The van der Waals surface area contributed by atoms with E-state index in [9.17, 15) is 0 Å². The molecule has 0 aromatic heterocycles. The maximum absolute atomic E-state index is 5.90. The lowest BCUT2D eigenvalue weighted by molar-refractivity contribution is 0.124. The SMILES string of the molecule is CC1CCC(N(Cc2cccc(N)c2)C2CC2)CC1. The van der Waals surface area contributed by atoms with Crippen LogP contribution >= 0.6 is 0 Å². The van der Waals surface area contributed by atoms with Crippen molar-refractivity contribution in [3.63, 3.8) is 0 Å². The molecule has 104 valence electrons. The zero-order chi connectivity index (χ0) is 13.2. The zero-order valence-corrected chi connectivity index (χ0v) is 12.0. The molecule has 1 aromatic carbocycles. The number of anilines is 1. The van der Waals surface area contributed by atoms with E-state index in [-0.39, 0.29) is 0 Å². The first-order valence-electron chi connectivity index (χ1n) is 7.82. The van der Waals surface area contributed by atoms with Gasteiger partial charge >= 0.3 is 0 Å². The van der Waals surface area contributed by atoms with E-state index in [2.05, 4.69) is 30.0 Å². The third kappa shape index (κ3) is 3.30. The molecule has 2 aliphatic carbocycles. The monoisotopic (exact) mass is 258 g/mol. The Morgan fingerprint density at radius 2 is 1.68 bits per heavy atom. The summed E-state index contributed by atoms with van der Waals surface area (Å²) in [6.45, 7) is 3.49. The van der Waals surface area contributed by atoms with Crippen molar-refractivity contribution in [3.8, 4) is 0 Å². The van der Waals surface area contributed by atoms with Crippen molar-refractivity contribution in [2.75, 3.05) is 5.73 Å². The van der Waals surface area contributed by atoms with E-state index in [0.717, 1.165) is 30.2 Å². The molecule has 0 unspecified atom stereocenters. The van der Waals surface area contributed by atoms with Gasteiger partial charge in [-0.15, -0.1) is 0 Å². The highest BCUT2D eigenvalue weighted by atomic mass is 15.2. The summed E-state index contributed by atoms with van der Waals surface area (Å²) in [7, 11) is 0. The molecule has 0 spiro atoms. The van der Waals surface area contributed by atoms with Crippen LogP contribution in [0.3, 0.4) is 0 Å². The van der Waals surface area contributed by atoms with Gasteiger partial charge in [-0.1, -0.05) is 19.1 Å². The molecule has 0 atom stereocenters. The number of rotatable bonds is 4. The Balaban J connectivity index is 1.67. The molecule has 2 heteroatoms. The second-order valence-electron chi connectivity index (χ2n) is 6.56. The first kappa shape index (κ1) is 13.0. The Morgan fingerprint density at radius 3 is 2.26 bits per heavy atom. The first-order valence-corrected chi connectivity index (χ1v) is 7.82. The van der Waals surface area contributed by atoms with Crippen LogP contribution in [0.5, 0.6) is 0 Å². The summed E-state index contributed by atoms with van der Waals surface area (Å²) in [4.78, 5) is 2.76. The highest BCUT2D eigenvalue weighted by Gasteiger charge is 2.35. The van der Waals surface area contributed by atoms with Gasteiger partial charge in [0, 0.05) is 24.3 Å². The van der Waals surface area contributed by atoms with Crippen LogP contribution in [0.15, 0.2) is 24.3 Å². The van der Waals surface area contributed by atoms with Crippen LogP contribution in [-0.4, -0.2) is 17.0 Å². The predicted octanol–water partition coefficient (Wildman–Crippen LogP) is 3.81. The minimum atomic E-state index is 0.810. The van der Waals surface area contributed by atoms with Gasteiger partial charge < -0.3 is 5.73 Å². The molecule has 1 aromatic rings. The first-order chi connectivity index (χ1) is 9.22. The molecule has 2 saturated carbocycles. The third-order valence-electron chi connectivity index (χ3n) is 4.79. The minimum Gasteiger partial charge on any atom is -0.399 e. The van der Waals surface area contributed by atoms with E-state index in [0.29, 0.717) is 0 Å². The fourth-order valence-electron chi connectivity index (χ4n) is 3.44. The molecule has 0 radical (unpaired) electrons. The number of nitrogens with zero attached hydrogens (tertiary/aromatic N) is 1. The number of benzene rings is 1. The van der Waals surface area contributed by atoms with Crippen molar-refractivity contribution in [2.24, 2.45) is 5.92 Å². The average Bonchev–Trinajstić information content (AvgIpc) is 3.22. The van der Waals surface area contributed by atoms with Gasteiger partial charge in [0.2, 0.25) is 0 Å². The van der Waals surface area contributed by atoms with E-state index < -0.39 is 0 Å². The molecule has 2 N–H and O–H groups in total. The lowest BCUT2D eigenvalue weighted by Gasteiger charge is -2.36. The molecule has 0 heterocycles. The van der Waals surface area contributed by atoms with Crippen LogP contribution in [-0.2, 0) is 6.54 Å². The van der Waals surface area contributed by atoms with Gasteiger partial charge in [0.25, 0.3) is 0 Å². The van der Waals surface area contributed by atoms with Crippen LogP contribution in [0.2, 0.25) is 0 Å². The van der Waals surface area contributed by atoms with Gasteiger partial charge in [-0.2, -0.15) is 0 Å². The highest BCUT2D eigenvalue weighted by molar-refractivity contribution is 5.40. The summed E-state index contributed by atoms with van der Waals surface area (Å²) in [6.07, 6.45) is 8.39. The van der Waals surface area contributed by atoms with Crippen molar-refractivity contribution >= 4 is 5.69 Å². The zero-order valence-electron chi connectivity index (χ0n) is 12.0. The number of hydrogen-bond donors (Lipinski definition) is 1. The van der Waals surface area contributed by atoms with Crippen molar-refractivity contribution < 1.29 is 0 Å². The minimum absolute atomic E-state index is 0.810. The van der Waals surface area contributed by atoms with Crippen LogP contribution in [0, 0.1) is 5.92 Å². The highest BCUT2D eigenvalue weighted by Crippen LogP contribution is 2.36. The van der Waals surface area contributed by atoms with Crippen LogP contribution < -0.4 is 5.73 Å². The molecule has 2 fully saturated rings. The van der Waals surface area contributed by atoms with Crippen molar-refractivity contribution in [1.29, 1.82) is 0 Å². The van der Waals surface area contributed by atoms with E-state index in [1.165, 1.54) is 44.1 Å². The predicted molar refractivity (Wildman–Crippen MR) is 80.8 cm³/mol. The molecule has 3 rings (SSSR count). The number of nitrogens with two attached hydrogens (primary N) is 1. The van der Waals surface area contributed by atoms with E-state index in [4.69, 9.17) is 5.73 Å². The Morgan fingerprint density at radius 1 is 1.05 bits per heavy atom. The molecular weight excluding hydrogens is 232 g/mol. The normalized spacial score (nSPS) is 27.7. The molecule has 2 nitrogen and oxygen atoms in total. The second kappa shape index (κ2) is 5.54. The van der Waals surface area contributed by atoms with Crippen LogP contribution in [0.1, 0.15) is 51.0 Å². The van der Waals surface area contributed by atoms with Gasteiger partial charge in [-0.25, -0.2) is 0 Å². The van der Waals surface area contributed by atoms with Crippen LogP contribution in [0.25, 0.3) is 0 Å². The Labute approximate surface area is 117 Å². The summed E-state index contributed by atoms with van der Waals surface area (Å²) >= 11 is 0. The van der Waals surface area contributed by atoms with Gasteiger partial charge in [-0.3, -0.25) is 4.90 Å². The van der Waals surface area contributed by atoms with Gasteiger partial charge in [-0.05, 0) is 62.1 Å². The molecule has 2 aliphatic rings. The quantitative estimate of drug-likeness (QED) is 0.832. The van der Waals surface area contributed by atoms with Crippen LogP contribution in [0.4, 0.5) is 5.69 Å². The summed E-state index contributed by atoms with van der Waals surface area (Å²) in [5.41, 5.74) is 8.18. The standard InChI is InChI=1S/C17H26N2/c1-13-5-7-16(8-6-13)19(17-9-10-17)12-14-3-2-4-15(18)11-14/h2-4,11,13,16-17H,5-10,12,18H2,1H3. The smallest absolute Gasteiger partial charge is 0.0317 e. The van der Waals surface area contributed by atoms with Crippen molar-refractivity contribution in [2.45, 2.75) is 64.1 Å². The van der Waals surface area contributed by atoms with Gasteiger partial charge in [0.1, 0.15) is 0 Å². The summed E-state index contributed by atoms with van der Waals surface area (Å²) in [6, 6.07) is 10.1. The fourth-order valence-corrected chi connectivity index (χ4v) is 3.44. The summed E-state index contributed by atoms with van der Waals surface area (Å²) < 4.78 is 0. The molecule has 0 aliphatic heterocycles. The van der Waals surface area contributed by atoms with Crippen molar-refractivity contribution in [3.05, 3.63) is 29.8 Å². The summed E-state index contributed by atoms with van der Waals surface area (Å²) in [5.74, 6) is 0.935. The van der Waals surface area contributed by atoms with Gasteiger partial charge in [0.05, 0.1) is 0 Å². The number of nitrogen functional groups attached to an aromatic ring is 1. The summed E-state index contributed by atoms with van der Waals surface area (Å²) in [5, 5.41) is 0. The fraction of sp³-hybridized carbons (Fsp3) is 0.647. The third-order valence-corrected chi connectivity index (χ3v) is 4.79. The lowest BCUT2D eigenvalue weighted by Crippen LogP contribution is -2.39. The van der Waals surface area contributed by atoms with E-state index >= 15 is 0 Å². The Bertz CT molecular complexity index is 417. The maximum Gasteiger partial charge on any atom is 0.0317 e. The molecular formula is C17H26N2. The topological polar surface area (TPSA) is 29.3 Å². The Kier molecular flexibility index (Phi) is 3.79. The lowest BCUT2D eigenvalue weighted by atomic mass is 9.86.